The number of halogens is 1. The highest BCUT2D eigenvalue weighted by molar-refractivity contribution is 5.20. The normalized spacial score (nSPS) is 21.7. The lowest BCUT2D eigenvalue weighted by atomic mass is 10.0. The molecule has 19 heavy (non-hydrogen) atoms. The van der Waals surface area contributed by atoms with Crippen LogP contribution in [-0.4, -0.2) is 36.2 Å². The molecule has 1 heterocycles. The van der Waals surface area contributed by atoms with E-state index < -0.39 is 0 Å². The molecule has 0 saturated carbocycles. The molecule has 3 N–H and O–H groups in total. The van der Waals surface area contributed by atoms with Gasteiger partial charge in [-0.2, -0.15) is 0 Å². The molecule has 0 aliphatic carbocycles. The highest BCUT2D eigenvalue weighted by Crippen LogP contribution is 2.22. The Morgan fingerprint density at radius 1 is 1.42 bits per heavy atom. The van der Waals surface area contributed by atoms with Gasteiger partial charge in [-0.15, -0.1) is 0 Å². The van der Waals surface area contributed by atoms with Crippen molar-refractivity contribution in [3.05, 3.63) is 35.6 Å². The van der Waals surface area contributed by atoms with Crippen molar-refractivity contribution in [1.82, 2.24) is 4.90 Å². The molecule has 1 aromatic carbocycles. The van der Waals surface area contributed by atoms with E-state index in [9.17, 15) is 4.39 Å². The smallest absolute Gasteiger partial charge is 0.127 e. The molecule has 1 aromatic rings. The largest absolute Gasteiger partial charge is 0.396 e. The van der Waals surface area contributed by atoms with Gasteiger partial charge in [0.05, 0.1) is 0 Å². The van der Waals surface area contributed by atoms with E-state index in [1.165, 1.54) is 6.07 Å². The van der Waals surface area contributed by atoms with Gasteiger partial charge in [-0.3, -0.25) is 0 Å². The molecular weight excluding hydrogens is 243 g/mol. The Bertz CT molecular complexity index is 399. The Kier molecular flexibility index (Phi) is 5.31. The Balaban J connectivity index is 1.78. The summed E-state index contributed by atoms with van der Waals surface area (Å²) in [7, 11) is 0. The quantitative estimate of drug-likeness (QED) is 0.827. The van der Waals surface area contributed by atoms with Crippen LogP contribution in [0.2, 0.25) is 0 Å². The molecule has 0 amide bonds. The standard InChI is InChI=1S/C15H23FN2O/c16-14-4-2-1-3-13(14)15(17)6-9-18-8-5-12(11-18)7-10-19/h1-4,12,15,19H,5-11,17H2. The van der Waals surface area contributed by atoms with E-state index in [1.807, 2.05) is 6.07 Å². The van der Waals surface area contributed by atoms with Gasteiger partial charge in [-0.1, -0.05) is 18.2 Å². The maximum Gasteiger partial charge on any atom is 0.127 e. The maximum absolute atomic E-state index is 13.6. The van der Waals surface area contributed by atoms with Crippen LogP contribution in [0.3, 0.4) is 0 Å². The fourth-order valence-corrected chi connectivity index (χ4v) is 2.79. The van der Waals surface area contributed by atoms with Gasteiger partial charge in [0.15, 0.2) is 0 Å². The summed E-state index contributed by atoms with van der Waals surface area (Å²) in [6.45, 7) is 3.27. The number of rotatable bonds is 6. The predicted molar refractivity (Wildman–Crippen MR) is 74.2 cm³/mol. The van der Waals surface area contributed by atoms with Gasteiger partial charge in [0.25, 0.3) is 0 Å². The van der Waals surface area contributed by atoms with E-state index in [-0.39, 0.29) is 18.5 Å². The van der Waals surface area contributed by atoms with Crippen LogP contribution < -0.4 is 5.73 Å². The number of hydrogen-bond acceptors (Lipinski definition) is 3. The first-order valence-electron chi connectivity index (χ1n) is 7.04. The van der Waals surface area contributed by atoms with Crippen LogP contribution in [0.15, 0.2) is 24.3 Å². The first-order valence-corrected chi connectivity index (χ1v) is 7.04. The lowest BCUT2D eigenvalue weighted by Gasteiger charge is -2.19. The summed E-state index contributed by atoms with van der Waals surface area (Å²) in [5, 5.41) is 8.93. The van der Waals surface area contributed by atoms with Gasteiger partial charge < -0.3 is 15.7 Å². The monoisotopic (exact) mass is 266 g/mol. The van der Waals surface area contributed by atoms with Crippen molar-refractivity contribution in [2.45, 2.75) is 25.3 Å². The third-order valence-corrected chi connectivity index (χ3v) is 3.97. The zero-order valence-electron chi connectivity index (χ0n) is 11.3. The van der Waals surface area contributed by atoms with Crippen LogP contribution in [-0.2, 0) is 0 Å². The van der Waals surface area contributed by atoms with Crippen LogP contribution in [0.4, 0.5) is 4.39 Å². The van der Waals surface area contributed by atoms with Crippen molar-refractivity contribution in [3.63, 3.8) is 0 Å². The number of aliphatic hydroxyl groups excluding tert-OH is 1. The molecule has 0 bridgehead atoms. The van der Waals surface area contributed by atoms with Crippen LogP contribution in [0.25, 0.3) is 0 Å². The first-order chi connectivity index (χ1) is 9.20. The SMILES string of the molecule is NC(CCN1CCC(CCO)C1)c1ccccc1F. The van der Waals surface area contributed by atoms with Crippen LogP contribution in [0.1, 0.15) is 30.9 Å². The molecule has 3 nitrogen and oxygen atoms in total. The molecule has 1 aliphatic heterocycles. The van der Waals surface area contributed by atoms with E-state index in [0.717, 1.165) is 38.9 Å². The molecule has 0 spiro atoms. The van der Waals surface area contributed by atoms with Gasteiger partial charge in [0.1, 0.15) is 5.82 Å². The molecule has 2 rings (SSSR count). The second-order valence-corrected chi connectivity index (χ2v) is 5.38. The molecule has 106 valence electrons. The third kappa shape index (κ3) is 4.00. The van der Waals surface area contributed by atoms with E-state index >= 15 is 0 Å². The van der Waals surface area contributed by atoms with Crippen LogP contribution in [0.5, 0.6) is 0 Å². The molecule has 0 radical (unpaired) electrons. The molecule has 1 aliphatic rings. The summed E-state index contributed by atoms with van der Waals surface area (Å²) < 4.78 is 13.6. The lowest BCUT2D eigenvalue weighted by Crippen LogP contribution is -2.26. The van der Waals surface area contributed by atoms with E-state index in [4.69, 9.17) is 10.8 Å². The number of aliphatic hydroxyl groups is 1. The summed E-state index contributed by atoms with van der Waals surface area (Å²) in [4.78, 5) is 2.36. The summed E-state index contributed by atoms with van der Waals surface area (Å²) in [5.41, 5.74) is 6.67. The number of nitrogens with zero attached hydrogens (tertiary/aromatic N) is 1. The number of hydrogen-bond donors (Lipinski definition) is 2. The summed E-state index contributed by atoms with van der Waals surface area (Å²) in [6, 6.07) is 6.50. The molecular formula is C15H23FN2O. The van der Waals surface area contributed by atoms with Gasteiger partial charge in [-0.05, 0) is 44.3 Å². The zero-order chi connectivity index (χ0) is 13.7. The van der Waals surface area contributed by atoms with Crippen molar-refractivity contribution in [2.24, 2.45) is 11.7 Å². The Hall–Kier alpha value is -0.970. The van der Waals surface area contributed by atoms with Gasteiger partial charge >= 0.3 is 0 Å². The molecule has 1 saturated heterocycles. The molecule has 1 fully saturated rings. The molecule has 2 atom stereocenters. The molecule has 4 heteroatoms. The number of likely N-dealkylation sites (tertiary alicyclic amines) is 1. The summed E-state index contributed by atoms with van der Waals surface area (Å²) in [6.07, 6.45) is 2.80. The zero-order valence-corrected chi connectivity index (χ0v) is 11.3. The predicted octanol–water partition coefficient (Wildman–Crippen LogP) is 1.92. The highest BCUT2D eigenvalue weighted by Gasteiger charge is 2.22. The number of benzene rings is 1. The topological polar surface area (TPSA) is 49.5 Å². The second-order valence-electron chi connectivity index (χ2n) is 5.38. The minimum atomic E-state index is -0.238. The average Bonchev–Trinajstić information content (AvgIpc) is 2.85. The minimum Gasteiger partial charge on any atom is -0.396 e. The summed E-state index contributed by atoms with van der Waals surface area (Å²) in [5.74, 6) is 0.393. The lowest BCUT2D eigenvalue weighted by molar-refractivity contribution is 0.249. The van der Waals surface area contributed by atoms with Crippen LogP contribution in [0, 0.1) is 11.7 Å². The van der Waals surface area contributed by atoms with Gasteiger partial charge in [0, 0.05) is 24.8 Å². The van der Waals surface area contributed by atoms with Crippen molar-refractivity contribution in [3.8, 4) is 0 Å². The number of nitrogens with two attached hydrogens (primary N) is 1. The maximum atomic E-state index is 13.6. The van der Waals surface area contributed by atoms with Crippen molar-refractivity contribution >= 4 is 0 Å². The average molecular weight is 266 g/mol. The van der Waals surface area contributed by atoms with Gasteiger partial charge in [0.2, 0.25) is 0 Å². The van der Waals surface area contributed by atoms with Gasteiger partial charge in [-0.25, -0.2) is 4.39 Å². The van der Waals surface area contributed by atoms with Crippen molar-refractivity contribution < 1.29 is 9.50 Å². The molecule has 0 aromatic heterocycles. The van der Waals surface area contributed by atoms with E-state index in [0.29, 0.717) is 11.5 Å². The van der Waals surface area contributed by atoms with E-state index in [2.05, 4.69) is 4.90 Å². The Morgan fingerprint density at radius 2 is 2.21 bits per heavy atom. The van der Waals surface area contributed by atoms with Crippen molar-refractivity contribution in [2.75, 3.05) is 26.2 Å². The fourth-order valence-electron chi connectivity index (χ4n) is 2.79. The summed E-state index contributed by atoms with van der Waals surface area (Å²) >= 11 is 0. The molecule has 2 unspecified atom stereocenters. The first kappa shape index (κ1) is 14.4. The van der Waals surface area contributed by atoms with Crippen molar-refractivity contribution in [1.29, 1.82) is 0 Å². The highest BCUT2D eigenvalue weighted by atomic mass is 19.1. The second kappa shape index (κ2) is 6.98. The third-order valence-electron chi connectivity index (χ3n) is 3.97. The Morgan fingerprint density at radius 3 is 2.95 bits per heavy atom. The van der Waals surface area contributed by atoms with E-state index in [1.54, 1.807) is 12.1 Å². The van der Waals surface area contributed by atoms with Crippen LogP contribution >= 0.6 is 0 Å². The Labute approximate surface area is 114 Å². The minimum absolute atomic E-state index is 0.213. The fraction of sp³-hybridized carbons (Fsp3) is 0.600.